The number of hydrogen-bond donors (Lipinski definition) is 1. The molecule has 0 aliphatic heterocycles. The molecule has 0 spiro atoms. The summed E-state index contributed by atoms with van der Waals surface area (Å²) in [6.07, 6.45) is 4.81. The zero-order valence-corrected chi connectivity index (χ0v) is 9.23. The van der Waals surface area contributed by atoms with E-state index in [4.69, 9.17) is 0 Å². The number of hydrogen-bond acceptors (Lipinski definition) is 3. The van der Waals surface area contributed by atoms with Gasteiger partial charge in [0.15, 0.2) is 0 Å². The second-order valence-corrected chi connectivity index (χ2v) is 3.37. The van der Waals surface area contributed by atoms with E-state index in [1.807, 2.05) is 19.2 Å². The average Bonchev–Trinajstić information content (AvgIpc) is 2.29. The van der Waals surface area contributed by atoms with Crippen molar-refractivity contribution in [2.45, 2.75) is 12.8 Å². The molecule has 82 valence electrons. The first-order chi connectivity index (χ1) is 7.25. The Bertz CT molecular complexity index is 300. The number of rotatable bonds is 5. The summed E-state index contributed by atoms with van der Waals surface area (Å²) in [5, 5.41) is 3.02. The van der Waals surface area contributed by atoms with E-state index in [0.717, 1.165) is 18.7 Å². The first-order valence-corrected chi connectivity index (χ1v) is 5.07. The summed E-state index contributed by atoms with van der Waals surface area (Å²) in [6, 6.07) is 3.66. The standard InChI is InChI=1S/C11H17N3O/c1-12-7-3-4-11(15)14(2)10-5-8-13-9-6-10/h5-6,8-9,12H,3-4,7H2,1-2H3. The highest BCUT2D eigenvalue weighted by molar-refractivity contribution is 5.92. The number of anilines is 1. The van der Waals surface area contributed by atoms with E-state index in [1.54, 1.807) is 24.3 Å². The van der Waals surface area contributed by atoms with E-state index in [2.05, 4.69) is 10.3 Å². The molecule has 1 aromatic heterocycles. The number of carbonyl (C=O) groups is 1. The zero-order chi connectivity index (χ0) is 11.1. The highest BCUT2D eigenvalue weighted by Gasteiger charge is 2.09. The number of carbonyl (C=O) groups excluding carboxylic acids is 1. The molecule has 1 heterocycles. The van der Waals surface area contributed by atoms with Gasteiger partial charge in [-0.25, -0.2) is 0 Å². The molecule has 0 radical (unpaired) electrons. The Labute approximate surface area is 90.3 Å². The van der Waals surface area contributed by atoms with Crippen molar-refractivity contribution in [1.29, 1.82) is 0 Å². The van der Waals surface area contributed by atoms with Gasteiger partial charge in [0.1, 0.15) is 0 Å². The Balaban J connectivity index is 2.46. The van der Waals surface area contributed by atoms with Crippen LogP contribution in [0.15, 0.2) is 24.5 Å². The van der Waals surface area contributed by atoms with Crippen LogP contribution in [0.1, 0.15) is 12.8 Å². The normalized spacial score (nSPS) is 10.0. The third-order valence-corrected chi connectivity index (χ3v) is 2.24. The van der Waals surface area contributed by atoms with Crippen molar-refractivity contribution in [3.8, 4) is 0 Å². The molecule has 0 aliphatic carbocycles. The van der Waals surface area contributed by atoms with Crippen LogP contribution >= 0.6 is 0 Å². The minimum absolute atomic E-state index is 0.136. The Hall–Kier alpha value is -1.42. The summed E-state index contributed by atoms with van der Waals surface area (Å²) in [6.45, 7) is 0.871. The topological polar surface area (TPSA) is 45.2 Å². The van der Waals surface area contributed by atoms with Crippen LogP contribution in [0.4, 0.5) is 5.69 Å². The maximum atomic E-state index is 11.7. The van der Waals surface area contributed by atoms with Crippen molar-refractivity contribution in [1.82, 2.24) is 10.3 Å². The van der Waals surface area contributed by atoms with Gasteiger partial charge in [-0.05, 0) is 32.1 Å². The third-order valence-electron chi connectivity index (χ3n) is 2.24. The summed E-state index contributed by atoms with van der Waals surface area (Å²) in [5.41, 5.74) is 0.888. The van der Waals surface area contributed by atoms with E-state index < -0.39 is 0 Å². The van der Waals surface area contributed by atoms with E-state index in [-0.39, 0.29) is 5.91 Å². The van der Waals surface area contributed by atoms with E-state index in [0.29, 0.717) is 6.42 Å². The van der Waals surface area contributed by atoms with Gasteiger partial charge in [-0.3, -0.25) is 9.78 Å². The molecular weight excluding hydrogens is 190 g/mol. The smallest absolute Gasteiger partial charge is 0.226 e. The van der Waals surface area contributed by atoms with Gasteiger partial charge in [-0.2, -0.15) is 0 Å². The van der Waals surface area contributed by atoms with Gasteiger partial charge in [-0.1, -0.05) is 0 Å². The summed E-state index contributed by atoms with van der Waals surface area (Å²) >= 11 is 0. The van der Waals surface area contributed by atoms with Crippen LogP contribution in [-0.4, -0.2) is 31.5 Å². The van der Waals surface area contributed by atoms with Gasteiger partial charge >= 0.3 is 0 Å². The highest BCUT2D eigenvalue weighted by Crippen LogP contribution is 2.11. The molecule has 0 aliphatic rings. The molecular formula is C11H17N3O. The summed E-state index contributed by atoms with van der Waals surface area (Å²) in [7, 11) is 3.67. The first kappa shape index (κ1) is 11.7. The van der Waals surface area contributed by atoms with Gasteiger partial charge in [0.2, 0.25) is 5.91 Å². The summed E-state index contributed by atoms with van der Waals surface area (Å²) in [4.78, 5) is 17.3. The molecule has 15 heavy (non-hydrogen) atoms. The van der Waals surface area contributed by atoms with Crippen molar-refractivity contribution < 1.29 is 4.79 Å². The van der Waals surface area contributed by atoms with Crippen molar-refractivity contribution in [2.75, 3.05) is 25.5 Å². The van der Waals surface area contributed by atoms with Crippen molar-refractivity contribution >= 4 is 11.6 Å². The number of pyridine rings is 1. The SMILES string of the molecule is CNCCCC(=O)N(C)c1ccncc1. The second kappa shape index (κ2) is 6.14. The Kier molecular flexibility index (Phi) is 4.77. The quantitative estimate of drug-likeness (QED) is 0.734. The molecule has 0 atom stereocenters. The molecule has 0 saturated carbocycles. The van der Waals surface area contributed by atoms with Crippen LogP contribution < -0.4 is 10.2 Å². The molecule has 1 rings (SSSR count). The first-order valence-electron chi connectivity index (χ1n) is 5.07. The summed E-state index contributed by atoms with van der Waals surface area (Å²) < 4.78 is 0. The van der Waals surface area contributed by atoms with E-state index in [1.165, 1.54) is 0 Å². The molecule has 0 aromatic carbocycles. The molecule has 0 fully saturated rings. The maximum Gasteiger partial charge on any atom is 0.226 e. The average molecular weight is 207 g/mol. The second-order valence-electron chi connectivity index (χ2n) is 3.37. The lowest BCUT2D eigenvalue weighted by Gasteiger charge is -2.16. The molecule has 0 saturated heterocycles. The molecule has 4 nitrogen and oxygen atoms in total. The lowest BCUT2D eigenvalue weighted by atomic mass is 10.2. The predicted molar refractivity (Wildman–Crippen MR) is 60.8 cm³/mol. The molecule has 1 N–H and O–H groups in total. The number of nitrogens with zero attached hydrogens (tertiary/aromatic N) is 2. The summed E-state index contributed by atoms with van der Waals surface area (Å²) in [5.74, 6) is 0.136. The van der Waals surface area contributed by atoms with Gasteiger partial charge < -0.3 is 10.2 Å². The molecule has 1 amide bonds. The zero-order valence-electron chi connectivity index (χ0n) is 9.23. The lowest BCUT2D eigenvalue weighted by Crippen LogP contribution is -2.26. The number of aromatic nitrogens is 1. The van der Waals surface area contributed by atoms with Crippen molar-refractivity contribution in [3.63, 3.8) is 0 Å². The van der Waals surface area contributed by atoms with E-state index in [9.17, 15) is 4.79 Å². The largest absolute Gasteiger partial charge is 0.320 e. The fraction of sp³-hybridized carbons (Fsp3) is 0.455. The number of nitrogens with one attached hydrogen (secondary N) is 1. The molecule has 0 bridgehead atoms. The van der Waals surface area contributed by atoms with Crippen molar-refractivity contribution in [2.24, 2.45) is 0 Å². The lowest BCUT2D eigenvalue weighted by molar-refractivity contribution is -0.118. The Morgan fingerprint density at radius 3 is 2.73 bits per heavy atom. The predicted octanol–water partition coefficient (Wildman–Crippen LogP) is 1.04. The van der Waals surface area contributed by atoms with Crippen LogP contribution in [0.5, 0.6) is 0 Å². The van der Waals surface area contributed by atoms with Crippen LogP contribution in [0.2, 0.25) is 0 Å². The fourth-order valence-corrected chi connectivity index (χ4v) is 1.30. The third kappa shape index (κ3) is 3.67. The fourth-order valence-electron chi connectivity index (χ4n) is 1.30. The minimum Gasteiger partial charge on any atom is -0.320 e. The van der Waals surface area contributed by atoms with Crippen LogP contribution in [0.3, 0.4) is 0 Å². The van der Waals surface area contributed by atoms with Crippen LogP contribution in [0, 0.1) is 0 Å². The molecule has 0 unspecified atom stereocenters. The van der Waals surface area contributed by atoms with Gasteiger partial charge in [-0.15, -0.1) is 0 Å². The maximum absolute atomic E-state index is 11.7. The Morgan fingerprint density at radius 1 is 1.47 bits per heavy atom. The van der Waals surface area contributed by atoms with Crippen LogP contribution in [0.25, 0.3) is 0 Å². The van der Waals surface area contributed by atoms with Gasteiger partial charge in [0, 0.05) is 31.5 Å². The minimum atomic E-state index is 0.136. The monoisotopic (exact) mass is 207 g/mol. The van der Waals surface area contributed by atoms with E-state index >= 15 is 0 Å². The van der Waals surface area contributed by atoms with Crippen molar-refractivity contribution in [3.05, 3.63) is 24.5 Å². The molecule has 4 heteroatoms. The molecule has 1 aromatic rings. The van der Waals surface area contributed by atoms with Gasteiger partial charge in [0.25, 0.3) is 0 Å². The van der Waals surface area contributed by atoms with Crippen LogP contribution in [-0.2, 0) is 4.79 Å². The Morgan fingerprint density at radius 2 is 2.13 bits per heavy atom. The number of amides is 1. The highest BCUT2D eigenvalue weighted by atomic mass is 16.2. The van der Waals surface area contributed by atoms with Gasteiger partial charge in [0.05, 0.1) is 0 Å².